The van der Waals surface area contributed by atoms with E-state index in [0.29, 0.717) is 6.54 Å². The number of rotatable bonds is 3. The Morgan fingerprint density at radius 1 is 1.09 bits per heavy atom. The van der Waals surface area contributed by atoms with Gasteiger partial charge in [-0.15, -0.1) is 0 Å². The SMILES string of the molecule is NC/C=C/CN1CCCCC1. The third-order valence-electron chi connectivity index (χ3n) is 2.12. The Hall–Kier alpha value is -0.340. The summed E-state index contributed by atoms with van der Waals surface area (Å²) in [5.74, 6) is 0. The Labute approximate surface area is 69.1 Å². The summed E-state index contributed by atoms with van der Waals surface area (Å²) in [7, 11) is 0. The molecule has 0 saturated carbocycles. The summed E-state index contributed by atoms with van der Waals surface area (Å²) < 4.78 is 0. The molecule has 1 saturated heterocycles. The maximum atomic E-state index is 5.34. The van der Waals surface area contributed by atoms with Gasteiger partial charge < -0.3 is 5.73 Å². The number of nitrogens with two attached hydrogens (primary N) is 1. The van der Waals surface area contributed by atoms with Gasteiger partial charge >= 0.3 is 0 Å². The van der Waals surface area contributed by atoms with Crippen LogP contribution in [0.3, 0.4) is 0 Å². The first kappa shape index (κ1) is 8.75. The molecule has 2 N–H and O–H groups in total. The van der Waals surface area contributed by atoms with Gasteiger partial charge in [-0.25, -0.2) is 0 Å². The van der Waals surface area contributed by atoms with Crippen LogP contribution in [0.4, 0.5) is 0 Å². The lowest BCUT2D eigenvalue weighted by Gasteiger charge is -2.24. The van der Waals surface area contributed by atoms with Crippen molar-refractivity contribution < 1.29 is 0 Å². The number of nitrogens with zero attached hydrogens (tertiary/aromatic N) is 1. The molecular formula is C9H18N2. The van der Waals surface area contributed by atoms with Crippen molar-refractivity contribution in [3.8, 4) is 0 Å². The van der Waals surface area contributed by atoms with Crippen LogP contribution in [0.5, 0.6) is 0 Å². The van der Waals surface area contributed by atoms with Crippen molar-refractivity contribution in [3.05, 3.63) is 12.2 Å². The number of hydrogen-bond donors (Lipinski definition) is 1. The molecule has 0 aromatic heterocycles. The molecule has 0 atom stereocenters. The van der Waals surface area contributed by atoms with E-state index in [9.17, 15) is 0 Å². The van der Waals surface area contributed by atoms with E-state index in [-0.39, 0.29) is 0 Å². The molecule has 64 valence electrons. The van der Waals surface area contributed by atoms with Gasteiger partial charge in [-0.05, 0) is 25.9 Å². The fraction of sp³-hybridized carbons (Fsp3) is 0.778. The van der Waals surface area contributed by atoms with Gasteiger partial charge in [-0.3, -0.25) is 4.90 Å². The van der Waals surface area contributed by atoms with Gasteiger partial charge in [0.1, 0.15) is 0 Å². The van der Waals surface area contributed by atoms with Crippen LogP contribution in [0, 0.1) is 0 Å². The van der Waals surface area contributed by atoms with Crippen molar-refractivity contribution in [2.45, 2.75) is 19.3 Å². The summed E-state index contributed by atoms with van der Waals surface area (Å²) in [6.07, 6.45) is 8.37. The van der Waals surface area contributed by atoms with Crippen molar-refractivity contribution in [1.29, 1.82) is 0 Å². The molecule has 0 unspecified atom stereocenters. The van der Waals surface area contributed by atoms with Crippen LogP contribution >= 0.6 is 0 Å². The van der Waals surface area contributed by atoms with Crippen LogP contribution in [0.15, 0.2) is 12.2 Å². The first-order valence-electron chi connectivity index (χ1n) is 4.51. The quantitative estimate of drug-likeness (QED) is 0.614. The second kappa shape index (κ2) is 5.33. The largest absolute Gasteiger partial charge is 0.327 e. The molecule has 0 radical (unpaired) electrons. The summed E-state index contributed by atoms with van der Waals surface area (Å²) in [6, 6.07) is 0. The van der Waals surface area contributed by atoms with E-state index in [1.165, 1.54) is 32.4 Å². The summed E-state index contributed by atoms with van der Waals surface area (Å²) in [6.45, 7) is 4.31. The van der Waals surface area contributed by atoms with Crippen LogP contribution in [0.2, 0.25) is 0 Å². The third kappa shape index (κ3) is 3.54. The summed E-state index contributed by atoms with van der Waals surface area (Å²) >= 11 is 0. The lowest BCUT2D eigenvalue weighted by atomic mass is 10.1. The molecule has 2 heteroatoms. The fourth-order valence-electron chi connectivity index (χ4n) is 1.46. The molecule has 0 aromatic carbocycles. The van der Waals surface area contributed by atoms with Crippen LogP contribution in [-0.2, 0) is 0 Å². The van der Waals surface area contributed by atoms with E-state index >= 15 is 0 Å². The van der Waals surface area contributed by atoms with E-state index in [2.05, 4.69) is 11.0 Å². The minimum absolute atomic E-state index is 0.674. The lowest BCUT2D eigenvalue weighted by molar-refractivity contribution is 0.251. The van der Waals surface area contributed by atoms with Gasteiger partial charge in [0.05, 0.1) is 0 Å². The Balaban J connectivity index is 2.09. The second-order valence-corrected chi connectivity index (χ2v) is 3.07. The van der Waals surface area contributed by atoms with Crippen molar-refractivity contribution in [3.63, 3.8) is 0 Å². The molecule has 0 aliphatic carbocycles. The number of hydrogen-bond acceptors (Lipinski definition) is 2. The summed E-state index contributed by atoms with van der Waals surface area (Å²) in [5.41, 5.74) is 5.34. The fourth-order valence-corrected chi connectivity index (χ4v) is 1.46. The highest BCUT2D eigenvalue weighted by Crippen LogP contribution is 2.07. The van der Waals surface area contributed by atoms with Crippen LogP contribution in [-0.4, -0.2) is 31.1 Å². The molecule has 11 heavy (non-hydrogen) atoms. The Kier molecular flexibility index (Phi) is 4.24. The smallest absolute Gasteiger partial charge is 0.0163 e. The Bertz CT molecular complexity index is 115. The molecule has 2 nitrogen and oxygen atoms in total. The first-order valence-corrected chi connectivity index (χ1v) is 4.51. The zero-order valence-corrected chi connectivity index (χ0v) is 7.13. The zero-order valence-electron chi connectivity index (χ0n) is 7.13. The van der Waals surface area contributed by atoms with Crippen molar-refractivity contribution in [1.82, 2.24) is 4.90 Å². The van der Waals surface area contributed by atoms with Crippen LogP contribution < -0.4 is 5.73 Å². The van der Waals surface area contributed by atoms with Crippen LogP contribution in [0.1, 0.15) is 19.3 Å². The van der Waals surface area contributed by atoms with Gasteiger partial charge in [0, 0.05) is 13.1 Å². The van der Waals surface area contributed by atoms with E-state index in [4.69, 9.17) is 5.73 Å². The molecule has 0 bridgehead atoms. The molecule has 1 fully saturated rings. The number of piperidine rings is 1. The minimum Gasteiger partial charge on any atom is -0.327 e. The highest BCUT2D eigenvalue weighted by molar-refractivity contribution is 4.86. The van der Waals surface area contributed by atoms with Crippen molar-refractivity contribution in [2.24, 2.45) is 5.73 Å². The van der Waals surface area contributed by atoms with E-state index < -0.39 is 0 Å². The Morgan fingerprint density at radius 2 is 1.82 bits per heavy atom. The second-order valence-electron chi connectivity index (χ2n) is 3.07. The molecule has 0 aromatic rings. The standard InChI is InChI=1S/C9H18N2/c10-6-2-5-9-11-7-3-1-4-8-11/h2,5H,1,3-4,6-10H2/b5-2+. The van der Waals surface area contributed by atoms with Gasteiger partial charge in [-0.1, -0.05) is 18.6 Å². The van der Waals surface area contributed by atoms with Crippen molar-refractivity contribution in [2.75, 3.05) is 26.2 Å². The summed E-state index contributed by atoms with van der Waals surface area (Å²) in [5, 5.41) is 0. The zero-order chi connectivity index (χ0) is 7.94. The molecule has 0 amide bonds. The molecule has 1 aliphatic heterocycles. The highest BCUT2D eigenvalue weighted by Gasteiger charge is 2.06. The van der Waals surface area contributed by atoms with Gasteiger partial charge in [-0.2, -0.15) is 0 Å². The van der Waals surface area contributed by atoms with E-state index in [1.807, 2.05) is 6.08 Å². The molecule has 1 heterocycles. The van der Waals surface area contributed by atoms with Gasteiger partial charge in [0.15, 0.2) is 0 Å². The van der Waals surface area contributed by atoms with Gasteiger partial charge in [0.2, 0.25) is 0 Å². The monoisotopic (exact) mass is 154 g/mol. The minimum atomic E-state index is 0.674. The molecule has 0 spiro atoms. The molecule has 1 aliphatic rings. The predicted octanol–water partition coefficient (Wildman–Crippen LogP) is 0.987. The highest BCUT2D eigenvalue weighted by atomic mass is 15.1. The molecule has 1 rings (SSSR count). The topological polar surface area (TPSA) is 29.3 Å². The maximum absolute atomic E-state index is 5.34. The van der Waals surface area contributed by atoms with E-state index in [1.54, 1.807) is 0 Å². The predicted molar refractivity (Wildman–Crippen MR) is 48.5 cm³/mol. The maximum Gasteiger partial charge on any atom is 0.0163 e. The molecular weight excluding hydrogens is 136 g/mol. The average Bonchev–Trinajstić information content (AvgIpc) is 2.07. The van der Waals surface area contributed by atoms with Crippen molar-refractivity contribution >= 4 is 0 Å². The van der Waals surface area contributed by atoms with E-state index in [0.717, 1.165) is 6.54 Å². The number of likely N-dealkylation sites (tertiary alicyclic amines) is 1. The average molecular weight is 154 g/mol. The third-order valence-corrected chi connectivity index (χ3v) is 2.12. The van der Waals surface area contributed by atoms with Gasteiger partial charge in [0.25, 0.3) is 0 Å². The first-order chi connectivity index (χ1) is 5.43. The Morgan fingerprint density at radius 3 is 2.45 bits per heavy atom. The van der Waals surface area contributed by atoms with Crippen LogP contribution in [0.25, 0.3) is 0 Å². The lowest BCUT2D eigenvalue weighted by Crippen LogP contribution is -2.29. The summed E-state index contributed by atoms with van der Waals surface area (Å²) in [4.78, 5) is 2.48. The normalized spacial score (nSPS) is 21.2.